The molecule has 0 saturated carbocycles. The third-order valence-corrected chi connectivity index (χ3v) is 1.86. The lowest BCUT2D eigenvalue weighted by Gasteiger charge is -2.05. The average molecular weight is 194 g/mol. The van der Waals surface area contributed by atoms with Crippen molar-refractivity contribution < 1.29 is 9.90 Å². The van der Waals surface area contributed by atoms with Crippen molar-refractivity contribution >= 4 is 5.97 Å². The van der Waals surface area contributed by atoms with Crippen molar-refractivity contribution in [3.05, 3.63) is 23.0 Å². The number of aromatic nitrogens is 2. The van der Waals surface area contributed by atoms with Crippen LogP contribution in [0.25, 0.3) is 0 Å². The fourth-order valence-electron chi connectivity index (χ4n) is 1.27. The minimum atomic E-state index is -1.02. The van der Waals surface area contributed by atoms with Crippen LogP contribution in [-0.2, 0) is 6.42 Å². The van der Waals surface area contributed by atoms with Gasteiger partial charge in [-0.1, -0.05) is 13.8 Å². The van der Waals surface area contributed by atoms with Gasteiger partial charge in [0, 0.05) is 0 Å². The highest BCUT2D eigenvalue weighted by Gasteiger charge is 2.10. The molecule has 1 N–H and O–H groups in total. The van der Waals surface area contributed by atoms with Gasteiger partial charge in [-0.25, -0.2) is 4.79 Å². The second-order valence-corrected chi connectivity index (χ2v) is 3.77. The summed E-state index contributed by atoms with van der Waals surface area (Å²) in [6.07, 6.45) is 0.827. The molecule has 0 saturated heterocycles. The van der Waals surface area contributed by atoms with Crippen molar-refractivity contribution in [3.8, 4) is 0 Å². The third kappa shape index (κ3) is 2.52. The highest BCUT2D eigenvalue weighted by atomic mass is 16.4. The van der Waals surface area contributed by atoms with Crippen LogP contribution in [0, 0.1) is 12.8 Å². The summed E-state index contributed by atoms with van der Waals surface area (Å²) in [5, 5.41) is 16.3. The molecular formula is C10H14N2O2. The van der Waals surface area contributed by atoms with Crippen LogP contribution in [0.1, 0.15) is 35.6 Å². The summed E-state index contributed by atoms with van der Waals surface area (Å²) in [6, 6.07) is 1.79. The van der Waals surface area contributed by atoms with Crippen molar-refractivity contribution in [1.82, 2.24) is 10.2 Å². The molecular weight excluding hydrogens is 180 g/mol. The molecule has 0 atom stereocenters. The van der Waals surface area contributed by atoms with Crippen LogP contribution in [-0.4, -0.2) is 21.3 Å². The molecule has 4 nitrogen and oxygen atoms in total. The minimum Gasteiger partial charge on any atom is -0.476 e. The van der Waals surface area contributed by atoms with Crippen LogP contribution >= 0.6 is 0 Å². The Kier molecular flexibility index (Phi) is 3.17. The molecule has 14 heavy (non-hydrogen) atoms. The Morgan fingerprint density at radius 3 is 2.57 bits per heavy atom. The van der Waals surface area contributed by atoms with Gasteiger partial charge < -0.3 is 5.11 Å². The van der Waals surface area contributed by atoms with Gasteiger partial charge >= 0.3 is 5.97 Å². The zero-order chi connectivity index (χ0) is 10.7. The topological polar surface area (TPSA) is 63.1 Å². The normalized spacial score (nSPS) is 10.6. The minimum absolute atomic E-state index is 0.0394. The summed E-state index contributed by atoms with van der Waals surface area (Å²) in [5.74, 6) is -0.523. The summed E-state index contributed by atoms with van der Waals surface area (Å²) in [4.78, 5) is 10.7. The molecule has 1 heterocycles. The quantitative estimate of drug-likeness (QED) is 0.795. The average Bonchev–Trinajstić information content (AvgIpc) is 2.01. The summed E-state index contributed by atoms with van der Waals surface area (Å²) in [7, 11) is 0. The third-order valence-electron chi connectivity index (χ3n) is 1.86. The van der Waals surface area contributed by atoms with Crippen molar-refractivity contribution in [1.29, 1.82) is 0 Å². The lowest BCUT2D eigenvalue weighted by molar-refractivity contribution is 0.0688. The van der Waals surface area contributed by atoms with E-state index in [4.69, 9.17) is 5.11 Å². The van der Waals surface area contributed by atoms with E-state index in [1.54, 1.807) is 13.0 Å². The molecule has 0 bridgehead atoms. The van der Waals surface area contributed by atoms with Crippen LogP contribution in [0.2, 0.25) is 0 Å². The summed E-state index contributed by atoms with van der Waals surface area (Å²) in [5.41, 5.74) is 1.56. The molecule has 1 aromatic heterocycles. The Hall–Kier alpha value is -1.45. The van der Waals surface area contributed by atoms with E-state index in [0.29, 0.717) is 11.5 Å². The van der Waals surface area contributed by atoms with E-state index in [1.807, 2.05) is 0 Å². The SMILES string of the molecule is Cc1cc(CC(C)C)nnc1C(=O)O. The number of carbonyl (C=O) groups is 1. The number of aryl methyl sites for hydroxylation is 1. The molecule has 0 amide bonds. The van der Waals surface area contributed by atoms with Crippen LogP contribution in [0.5, 0.6) is 0 Å². The van der Waals surface area contributed by atoms with Crippen molar-refractivity contribution in [2.24, 2.45) is 5.92 Å². The number of nitrogens with zero attached hydrogens (tertiary/aromatic N) is 2. The van der Waals surface area contributed by atoms with Gasteiger partial charge in [-0.15, -0.1) is 5.10 Å². The molecule has 0 aromatic carbocycles. The van der Waals surface area contributed by atoms with E-state index in [0.717, 1.165) is 12.1 Å². The smallest absolute Gasteiger partial charge is 0.356 e. The Balaban J connectivity index is 2.94. The Labute approximate surface area is 83.0 Å². The van der Waals surface area contributed by atoms with Gasteiger partial charge in [-0.2, -0.15) is 5.10 Å². The molecule has 1 aromatic rings. The van der Waals surface area contributed by atoms with Crippen LogP contribution in [0.4, 0.5) is 0 Å². The van der Waals surface area contributed by atoms with Gasteiger partial charge in [0.15, 0.2) is 5.69 Å². The summed E-state index contributed by atoms with van der Waals surface area (Å²) < 4.78 is 0. The summed E-state index contributed by atoms with van der Waals surface area (Å²) in [6.45, 7) is 5.91. The van der Waals surface area contributed by atoms with Crippen molar-refractivity contribution in [2.45, 2.75) is 27.2 Å². The Morgan fingerprint density at radius 2 is 2.14 bits per heavy atom. The fraction of sp³-hybridized carbons (Fsp3) is 0.500. The lowest BCUT2D eigenvalue weighted by atomic mass is 10.1. The number of carboxylic acid groups (broad SMARTS) is 1. The molecule has 4 heteroatoms. The van der Waals surface area contributed by atoms with E-state index in [1.165, 1.54) is 0 Å². The van der Waals surface area contributed by atoms with Gasteiger partial charge in [-0.05, 0) is 30.9 Å². The zero-order valence-electron chi connectivity index (χ0n) is 8.61. The first-order valence-corrected chi connectivity index (χ1v) is 4.57. The number of hydrogen-bond donors (Lipinski definition) is 1. The molecule has 0 fully saturated rings. The number of hydrogen-bond acceptors (Lipinski definition) is 3. The predicted octanol–water partition coefficient (Wildman–Crippen LogP) is 1.68. The molecule has 0 radical (unpaired) electrons. The maximum absolute atomic E-state index is 10.7. The first-order chi connectivity index (χ1) is 6.50. The fourth-order valence-corrected chi connectivity index (χ4v) is 1.27. The number of rotatable bonds is 3. The molecule has 76 valence electrons. The highest BCUT2D eigenvalue weighted by molar-refractivity contribution is 5.86. The maximum Gasteiger partial charge on any atom is 0.356 e. The molecule has 0 aliphatic carbocycles. The lowest BCUT2D eigenvalue weighted by Crippen LogP contribution is -2.08. The van der Waals surface area contributed by atoms with Crippen molar-refractivity contribution in [3.63, 3.8) is 0 Å². The summed E-state index contributed by atoms with van der Waals surface area (Å²) >= 11 is 0. The van der Waals surface area contributed by atoms with E-state index >= 15 is 0 Å². The van der Waals surface area contributed by atoms with Gasteiger partial charge in [0.05, 0.1) is 5.69 Å². The predicted molar refractivity (Wildman–Crippen MR) is 52.3 cm³/mol. The first-order valence-electron chi connectivity index (χ1n) is 4.57. The van der Waals surface area contributed by atoms with Gasteiger partial charge in [-0.3, -0.25) is 0 Å². The van der Waals surface area contributed by atoms with Crippen LogP contribution in [0.3, 0.4) is 0 Å². The van der Waals surface area contributed by atoms with E-state index < -0.39 is 5.97 Å². The zero-order valence-corrected chi connectivity index (χ0v) is 8.61. The Bertz CT molecular complexity index is 348. The maximum atomic E-state index is 10.7. The van der Waals surface area contributed by atoms with Crippen LogP contribution < -0.4 is 0 Å². The van der Waals surface area contributed by atoms with E-state index in [-0.39, 0.29) is 5.69 Å². The molecule has 1 rings (SSSR count). The van der Waals surface area contributed by atoms with Gasteiger partial charge in [0.2, 0.25) is 0 Å². The second kappa shape index (κ2) is 4.17. The van der Waals surface area contributed by atoms with E-state index in [9.17, 15) is 4.79 Å². The van der Waals surface area contributed by atoms with Gasteiger partial charge in [0.25, 0.3) is 0 Å². The molecule has 0 aliphatic heterocycles. The van der Waals surface area contributed by atoms with Gasteiger partial charge in [0.1, 0.15) is 0 Å². The number of aromatic carboxylic acids is 1. The van der Waals surface area contributed by atoms with E-state index in [2.05, 4.69) is 24.0 Å². The molecule has 0 unspecified atom stereocenters. The highest BCUT2D eigenvalue weighted by Crippen LogP contribution is 2.09. The first kappa shape index (κ1) is 10.6. The molecule has 0 spiro atoms. The number of carboxylic acids is 1. The molecule has 0 aliphatic rings. The standard InChI is InChI=1S/C10H14N2O2/c1-6(2)4-8-5-7(3)9(10(13)14)12-11-8/h5-6H,4H2,1-3H3,(H,13,14). The monoisotopic (exact) mass is 194 g/mol. The van der Waals surface area contributed by atoms with Crippen LogP contribution in [0.15, 0.2) is 6.07 Å². The largest absolute Gasteiger partial charge is 0.476 e. The second-order valence-electron chi connectivity index (χ2n) is 3.77. The Morgan fingerprint density at radius 1 is 1.50 bits per heavy atom. The van der Waals surface area contributed by atoms with Crippen molar-refractivity contribution in [2.75, 3.05) is 0 Å².